The largest absolute Gasteiger partial charge is 0.493 e. The first-order valence-corrected chi connectivity index (χ1v) is 5.56. The third-order valence-electron chi connectivity index (χ3n) is 2.07. The van der Waals surface area contributed by atoms with E-state index in [-0.39, 0.29) is 0 Å². The first-order valence-electron chi connectivity index (χ1n) is 4.40. The van der Waals surface area contributed by atoms with Crippen LogP contribution in [0.4, 0.5) is 5.69 Å². The molecule has 0 bridgehead atoms. The van der Waals surface area contributed by atoms with Gasteiger partial charge in [-0.05, 0) is 24.3 Å². The van der Waals surface area contributed by atoms with Crippen LogP contribution in [0, 0.1) is 5.92 Å². The van der Waals surface area contributed by atoms with Crippen LogP contribution in [0.25, 0.3) is 0 Å². The maximum atomic E-state index is 5.60. The summed E-state index contributed by atoms with van der Waals surface area (Å²) < 4.78 is 5.60. The van der Waals surface area contributed by atoms with Crippen molar-refractivity contribution in [2.24, 2.45) is 5.92 Å². The second-order valence-corrected chi connectivity index (χ2v) is 4.36. The summed E-state index contributed by atoms with van der Waals surface area (Å²) >= 11 is 1.98. The number of rotatable bonds is 3. The van der Waals surface area contributed by atoms with Crippen LogP contribution >= 0.6 is 11.8 Å². The van der Waals surface area contributed by atoms with Gasteiger partial charge in [-0.2, -0.15) is 11.8 Å². The Bertz CT molecular complexity index is 269. The van der Waals surface area contributed by atoms with E-state index in [9.17, 15) is 0 Å². The Morgan fingerprint density at radius 1 is 1.31 bits per heavy atom. The summed E-state index contributed by atoms with van der Waals surface area (Å²) in [5.41, 5.74) is 6.34. The highest BCUT2D eigenvalue weighted by Gasteiger charge is 2.18. The lowest BCUT2D eigenvalue weighted by atomic mass is 10.2. The van der Waals surface area contributed by atoms with Gasteiger partial charge < -0.3 is 10.5 Å². The second kappa shape index (κ2) is 3.92. The van der Waals surface area contributed by atoms with Crippen LogP contribution in [-0.2, 0) is 0 Å². The maximum absolute atomic E-state index is 5.60. The number of hydrogen-bond acceptors (Lipinski definition) is 3. The van der Waals surface area contributed by atoms with Crippen molar-refractivity contribution in [1.82, 2.24) is 0 Å². The topological polar surface area (TPSA) is 35.2 Å². The summed E-state index contributed by atoms with van der Waals surface area (Å²) in [6, 6.07) is 7.57. The fraction of sp³-hybridized carbons (Fsp3) is 0.400. The number of nitrogen functional groups attached to an aromatic ring is 1. The minimum Gasteiger partial charge on any atom is -0.493 e. The summed E-state index contributed by atoms with van der Waals surface area (Å²) in [5.74, 6) is 4.16. The third kappa shape index (κ3) is 2.31. The number of ether oxygens (including phenoxy) is 1. The molecule has 1 aromatic carbocycles. The lowest BCUT2D eigenvalue weighted by molar-refractivity contribution is 0.270. The Morgan fingerprint density at radius 2 is 2.00 bits per heavy atom. The van der Waals surface area contributed by atoms with E-state index in [1.807, 2.05) is 36.0 Å². The van der Waals surface area contributed by atoms with Crippen molar-refractivity contribution in [3.8, 4) is 5.75 Å². The Kier molecular flexibility index (Phi) is 2.64. The minimum atomic E-state index is 0.752. The molecule has 0 amide bonds. The van der Waals surface area contributed by atoms with Crippen LogP contribution in [0.1, 0.15) is 0 Å². The van der Waals surface area contributed by atoms with Gasteiger partial charge in [-0.1, -0.05) is 0 Å². The van der Waals surface area contributed by atoms with Gasteiger partial charge in [0.1, 0.15) is 5.75 Å². The molecule has 1 fully saturated rings. The predicted octanol–water partition coefficient (Wildman–Crippen LogP) is 2.01. The maximum Gasteiger partial charge on any atom is 0.119 e. The lowest BCUT2D eigenvalue weighted by Crippen LogP contribution is -2.24. The van der Waals surface area contributed by atoms with E-state index in [2.05, 4.69) is 0 Å². The Morgan fingerprint density at radius 3 is 2.54 bits per heavy atom. The summed E-state index contributed by atoms with van der Waals surface area (Å²) in [4.78, 5) is 0. The molecule has 0 radical (unpaired) electrons. The molecule has 1 heterocycles. The van der Waals surface area contributed by atoms with Crippen molar-refractivity contribution in [1.29, 1.82) is 0 Å². The average molecular weight is 195 g/mol. The number of nitrogens with two attached hydrogens (primary N) is 1. The Hall–Kier alpha value is -0.830. The second-order valence-electron chi connectivity index (χ2n) is 3.28. The molecule has 1 aliphatic heterocycles. The molecular weight excluding hydrogens is 182 g/mol. The molecule has 3 heteroatoms. The molecule has 0 aliphatic carbocycles. The van der Waals surface area contributed by atoms with Crippen LogP contribution < -0.4 is 10.5 Å². The SMILES string of the molecule is Nc1ccc(OCC2CSC2)cc1. The van der Waals surface area contributed by atoms with Crippen LogP contribution in [0.2, 0.25) is 0 Å². The summed E-state index contributed by atoms with van der Waals surface area (Å²) in [5, 5.41) is 0. The summed E-state index contributed by atoms with van der Waals surface area (Å²) in [6.07, 6.45) is 0. The standard InChI is InChI=1S/C10H13NOS/c11-9-1-3-10(4-2-9)12-5-8-6-13-7-8/h1-4,8H,5-7,11H2. The van der Waals surface area contributed by atoms with Gasteiger partial charge >= 0.3 is 0 Å². The molecule has 1 aliphatic rings. The van der Waals surface area contributed by atoms with Gasteiger partial charge in [0.05, 0.1) is 6.61 Å². The highest BCUT2D eigenvalue weighted by molar-refractivity contribution is 8.00. The van der Waals surface area contributed by atoms with Gasteiger partial charge in [0.2, 0.25) is 0 Å². The minimum absolute atomic E-state index is 0.752. The molecule has 0 saturated carbocycles. The number of anilines is 1. The van der Waals surface area contributed by atoms with Gasteiger partial charge in [0.25, 0.3) is 0 Å². The van der Waals surface area contributed by atoms with Crippen LogP contribution in [-0.4, -0.2) is 18.1 Å². The smallest absolute Gasteiger partial charge is 0.119 e. The van der Waals surface area contributed by atoms with Gasteiger partial charge in [0, 0.05) is 23.1 Å². The third-order valence-corrected chi connectivity index (χ3v) is 3.49. The molecule has 2 nitrogen and oxygen atoms in total. The zero-order valence-electron chi connectivity index (χ0n) is 7.40. The molecule has 1 aromatic rings. The fourth-order valence-corrected chi connectivity index (χ4v) is 1.92. The van der Waals surface area contributed by atoms with E-state index in [1.54, 1.807) is 0 Å². The molecule has 2 N–H and O–H groups in total. The fourth-order valence-electron chi connectivity index (χ4n) is 1.16. The zero-order chi connectivity index (χ0) is 9.10. The Labute approximate surface area is 82.5 Å². The average Bonchev–Trinajstić information content (AvgIpc) is 2.05. The molecule has 1 saturated heterocycles. The highest BCUT2D eigenvalue weighted by atomic mass is 32.2. The lowest BCUT2D eigenvalue weighted by Gasteiger charge is -2.24. The van der Waals surface area contributed by atoms with Gasteiger partial charge in [-0.3, -0.25) is 0 Å². The van der Waals surface area contributed by atoms with E-state index < -0.39 is 0 Å². The molecule has 2 rings (SSSR count). The van der Waals surface area contributed by atoms with E-state index in [0.717, 1.165) is 24.0 Å². The van der Waals surface area contributed by atoms with Crippen molar-refractivity contribution in [3.05, 3.63) is 24.3 Å². The van der Waals surface area contributed by atoms with Crippen LogP contribution in [0.15, 0.2) is 24.3 Å². The Balaban J connectivity index is 1.83. The molecule has 0 unspecified atom stereocenters. The van der Waals surface area contributed by atoms with Gasteiger partial charge in [0.15, 0.2) is 0 Å². The van der Waals surface area contributed by atoms with Crippen molar-refractivity contribution in [2.75, 3.05) is 23.8 Å². The summed E-state index contributed by atoms with van der Waals surface area (Å²) in [7, 11) is 0. The van der Waals surface area contributed by atoms with Crippen molar-refractivity contribution < 1.29 is 4.74 Å². The first kappa shape index (κ1) is 8.75. The summed E-state index contributed by atoms with van der Waals surface area (Å²) in [6.45, 7) is 0.844. The van der Waals surface area contributed by atoms with Gasteiger partial charge in [-0.25, -0.2) is 0 Å². The van der Waals surface area contributed by atoms with E-state index >= 15 is 0 Å². The van der Waals surface area contributed by atoms with Crippen molar-refractivity contribution in [3.63, 3.8) is 0 Å². The predicted molar refractivity (Wildman–Crippen MR) is 57.2 cm³/mol. The van der Waals surface area contributed by atoms with E-state index in [4.69, 9.17) is 10.5 Å². The molecule has 13 heavy (non-hydrogen) atoms. The molecular formula is C10H13NOS. The number of thioether (sulfide) groups is 1. The molecule has 70 valence electrons. The van der Waals surface area contributed by atoms with Crippen molar-refractivity contribution in [2.45, 2.75) is 0 Å². The van der Waals surface area contributed by atoms with Crippen LogP contribution in [0.5, 0.6) is 5.75 Å². The van der Waals surface area contributed by atoms with Crippen molar-refractivity contribution >= 4 is 17.4 Å². The zero-order valence-corrected chi connectivity index (χ0v) is 8.22. The number of hydrogen-bond donors (Lipinski definition) is 1. The highest BCUT2D eigenvalue weighted by Crippen LogP contribution is 2.25. The number of benzene rings is 1. The van der Waals surface area contributed by atoms with E-state index in [1.165, 1.54) is 11.5 Å². The van der Waals surface area contributed by atoms with Crippen LogP contribution in [0.3, 0.4) is 0 Å². The monoisotopic (exact) mass is 195 g/mol. The molecule has 0 atom stereocenters. The quantitative estimate of drug-likeness (QED) is 0.749. The van der Waals surface area contributed by atoms with Gasteiger partial charge in [-0.15, -0.1) is 0 Å². The molecule has 0 aromatic heterocycles. The normalized spacial score (nSPS) is 16.6. The molecule has 0 spiro atoms. The first-order chi connectivity index (χ1) is 6.34. The van der Waals surface area contributed by atoms with E-state index in [0.29, 0.717) is 0 Å².